The van der Waals surface area contributed by atoms with E-state index in [1.54, 1.807) is 12.1 Å². The van der Waals surface area contributed by atoms with Crippen LogP contribution >= 0.6 is 0 Å². The molecule has 0 aliphatic rings. The van der Waals surface area contributed by atoms with E-state index in [-0.39, 0.29) is 11.3 Å². The summed E-state index contributed by atoms with van der Waals surface area (Å²) in [5.41, 5.74) is 1.03. The summed E-state index contributed by atoms with van der Waals surface area (Å²) in [4.78, 5) is 11.1. The van der Waals surface area contributed by atoms with Crippen LogP contribution in [0.25, 0.3) is 0 Å². The Kier molecular flexibility index (Phi) is 5.71. The summed E-state index contributed by atoms with van der Waals surface area (Å²) >= 11 is 0. The minimum atomic E-state index is -3.80. The molecule has 0 saturated heterocycles. The van der Waals surface area contributed by atoms with Crippen LogP contribution in [0.4, 0.5) is 0 Å². The van der Waals surface area contributed by atoms with Crippen LogP contribution in [0.15, 0.2) is 29.2 Å². The van der Waals surface area contributed by atoms with Crippen LogP contribution < -0.4 is 4.72 Å². The molecular formula is C14H21NO4S. The number of hydrogen-bond acceptors (Lipinski definition) is 3. The Balaban J connectivity index is 2.95. The van der Waals surface area contributed by atoms with E-state index in [0.29, 0.717) is 12.3 Å². The molecule has 0 aliphatic carbocycles. The fraction of sp³-hybridized carbons (Fsp3) is 0.500. The minimum absolute atomic E-state index is 0.0873. The molecule has 0 bridgehead atoms. The van der Waals surface area contributed by atoms with Crippen LogP contribution in [0.5, 0.6) is 0 Å². The maximum absolute atomic E-state index is 12.1. The summed E-state index contributed by atoms with van der Waals surface area (Å²) in [6.45, 7) is 5.84. The Morgan fingerprint density at radius 3 is 2.20 bits per heavy atom. The van der Waals surface area contributed by atoms with E-state index in [9.17, 15) is 13.2 Å². The van der Waals surface area contributed by atoms with Crippen molar-refractivity contribution in [3.8, 4) is 0 Å². The van der Waals surface area contributed by atoms with Crippen LogP contribution in [0.3, 0.4) is 0 Å². The third kappa shape index (κ3) is 4.31. The smallest absolute Gasteiger partial charge is 0.321 e. The lowest BCUT2D eigenvalue weighted by molar-refractivity contribution is -0.139. The molecule has 0 aromatic heterocycles. The van der Waals surface area contributed by atoms with Crippen LogP contribution in [0, 0.1) is 0 Å². The Bertz CT molecular complexity index is 549. The number of aliphatic carboxylic acids is 1. The van der Waals surface area contributed by atoms with Crippen molar-refractivity contribution >= 4 is 16.0 Å². The maximum atomic E-state index is 12.1. The zero-order chi connectivity index (χ0) is 15.3. The molecule has 0 unspecified atom stereocenters. The van der Waals surface area contributed by atoms with Crippen molar-refractivity contribution < 1.29 is 18.3 Å². The molecule has 0 saturated carbocycles. The maximum Gasteiger partial charge on any atom is 0.321 e. The topological polar surface area (TPSA) is 83.5 Å². The molecule has 0 fully saturated rings. The fourth-order valence-corrected chi connectivity index (χ4v) is 3.03. The highest BCUT2D eigenvalue weighted by Gasteiger charge is 2.24. The van der Waals surface area contributed by atoms with Crippen LogP contribution in [0.2, 0.25) is 0 Å². The van der Waals surface area contributed by atoms with E-state index < -0.39 is 22.0 Å². The van der Waals surface area contributed by atoms with Crippen molar-refractivity contribution in [3.63, 3.8) is 0 Å². The predicted octanol–water partition coefficient (Wildman–Crippen LogP) is 2.34. The molecule has 2 N–H and O–H groups in total. The van der Waals surface area contributed by atoms with Gasteiger partial charge in [-0.05, 0) is 30.0 Å². The minimum Gasteiger partial charge on any atom is -0.480 e. The fourth-order valence-electron chi connectivity index (χ4n) is 1.81. The summed E-state index contributed by atoms with van der Waals surface area (Å²) in [5, 5.41) is 9.00. The first-order valence-corrected chi connectivity index (χ1v) is 8.11. The van der Waals surface area contributed by atoms with Gasteiger partial charge in [0.05, 0.1) is 4.90 Å². The van der Waals surface area contributed by atoms with Crippen molar-refractivity contribution in [2.24, 2.45) is 0 Å². The van der Waals surface area contributed by atoms with Crippen molar-refractivity contribution in [2.45, 2.75) is 50.5 Å². The quantitative estimate of drug-likeness (QED) is 0.809. The van der Waals surface area contributed by atoms with E-state index in [1.807, 2.05) is 20.8 Å². The molecule has 0 spiro atoms. The van der Waals surface area contributed by atoms with Crippen molar-refractivity contribution in [2.75, 3.05) is 0 Å². The molecule has 1 aromatic carbocycles. The van der Waals surface area contributed by atoms with E-state index in [1.165, 1.54) is 12.1 Å². The first kappa shape index (κ1) is 16.7. The van der Waals surface area contributed by atoms with Gasteiger partial charge in [-0.2, -0.15) is 4.72 Å². The van der Waals surface area contributed by atoms with E-state index in [0.717, 1.165) is 5.56 Å². The number of carbonyl (C=O) groups is 1. The van der Waals surface area contributed by atoms with Gasteiger partial charge in [0.25, 0.3) is 0 Å². The zero-order valence-corrected chi connectivity index (χ0v) is 12.8. The molecule has 0 radical (unpaired) electrons. The Morgan fingerprint density at radius 1 is 1.25 bits per heavy atom. The number of hydrogen-bond donors (Lipinski definition) is 2. The number of sulfonamides is 1. The molecule has 0 amide bonds. The molecule has 112 valence electrons. The summed E-state index contributed by atoms with van der Waals surface area (Å²) in [6.07, 6.45) is 0.852. The molecule has 6 heteroatoms. The first-order valence-electron chi connectivity index (χ1n) is 6.63. The molecule has 1 rings (SSSR count). The molecule has 0 aliphatic heterocycles. The summed E-state index contributed by atoms with van der Waals surface area (Å²) in [5.74, 6) is -0.846. The van der Waals surface area contributed by atoms with E-state index in [2.05, 4.69) is 4.72 Å². The van der Waals surface area contributed by atoms with Crippen LogP contribution in [-0.4, -0.2) is 25.5 Å². The van der Waals surface area contributed by atoms with Gasteiger partial charge < -0.3 is 5.11 Å². The highest BCUT2D eigenvalue weighted by atomic mass is 32.2. The van der Waals surface area contributed by atoms with Gasteiger partial charge in [-0.3, -0.25) is 4.79 Å². The molecule has 1 aromatic rings. The standard InChI is InChI=1S/C14H21NO4S/c1-4-5-13(14(16)17)15-20(18,19)12-8-6-11(7-9-12)10(2)3/h6-10,13,15H,4-5H2,1-3H3,(H,16,17)/t13-/m0/s1. The average molecular weight is 299 g/mol. The summed E-state index contributed by atoms with van der Waals surface area (Å²) in [7, 11) is -3.80. The average Bonchev–Trinajstić information content (AvgIpc) is 2.38. The van der Waals surface area contributed by atoms with E-state index >= 15 is 0 Å². The van der Waals surface area contributed by atoms with Gasteiger partial charge >= 0.3 is 5.97 Å². The van der Waals surface area contributed by atoms with Crippen molar-refractivity contribution in [3.05, 3.63) is 29.8 Å². The van der Waals surface area contributed by atoms with Crippen molar-refractivity contribution in [1.29, 1.82) is 0 Å². The van der Waals surface area contributed by atoms with Gasteiger partial charge in [0.2, 0.25) is 10.0 Å². The van der Waals surface area contributed by atoms with Gasteiger partial charge in [0.15, 0.2) is 0 Å². The molecule has 5 nitrogen and oxygen atoms in total. The van der Waals surface area contributed by atoms with Crippen LogP contribution in [0.1, 0.15) is 45.1 Å². The third-order valence-corrected chi connectivity index (χ3v) is 4.52. The second-order valence-corrected chi connectivity index (χ2v) is 6.74. The molecule has 1 atom stereocenters. The van der Waals surface area contributed by atoms with Crippen molar-refractivity contribution in [1.82, 2.24) is 4.72 Å². The highest BCUT2D eigenvalue weighted by Crippen LogP contribution is 2.17. The Morgan fingerprint density at radius 2 is 1.80 bits per heavy atom. The predicted molar refractivity (Wildman–Crippen MR) is 77.2 cm³/mol. The van der Waals surface area contributed by atoms with Crippen LogP contribution in [-0.2, 0) is 14.8 Å². The number of carboxylic acids is 1. The van der Waals surface area contributed by atoms with Gasteiger partial charge in [-0.25, -0.2) is 8.42 Å². The van der Waals surface area contributed by atoms with Gasteiger partial charge in [-0.15, -0.1) is 0 Å². The number of nitrogens with one attached hydrogen (secondary N) is 1. The zero-order valence-electron chi connectivity index (χ0n) is 12.0. The normalized spacial score (nSPS) is 13.4. The van der Waals surface area contributed by atoms with Gasteiger partial charge in [0.1, 0.15) is 6.04 Å². The highest BCUT2D eigenvalue weighted by molar-refractivity contribution is 7.89. The molecule has 0 heterocycles. The lowest BCUT2D eigenvalue weighted by Gasteiger charge is -2.14. The summed E-state index contributed by atoms with van der Waals surface area (Å²) < 4.78 is 26.5. The monoisotopic (exact) mass is 299 g/mol. The Hall–Kier alpha value is -1.40. The van der Waals surface area contributed by atoms with Gasteiger partial charge in [0, 0.05) is 0 Å². The second kappa shape index (κ2) is 6.85. The third-order valence-electron chi connectivity index (χ3n) is 3.03. The molecular weight excluding hydrogens is 278 g/mol. The molecule has 20 heavy (non-hydrogen) atoms. The largest absolute Gasteiger partial charge is 0.480 e. The number of benzene rings is 1. The number of carboxylic acid groups (broad SMARTS) is 1. The summed E-state index contributed by atoms with van der Waals surface area (Å²) in [6, 6.07) is 5.41. The lowest BCUT2D eigenvalue weighted by atomic mass is 10.0. The second-order valence-electron chi connectivity index (χ2n) is 5.02. The number of rotatable bonds is 7. The Labute approximate surface area is 120 Å². The SMILES string of the molecule is CCC[C@H](NS(=O)(=O)c1ccc(C(C)C)cc1)C(=O)O. The van der Waals surface area contributed by atoms with Gasteiger partial charge in [-0.1, -0.05) is 39.3 Å². The van der Waals surface area contributed by atoms with E-state index in [4.69, 9.17) is 5.11 Å². The lowest BCUT2D eigenvalue weighted by Crippen LogP contribution is -2.40. The first-order chi connectivity index (χ1) is 9.27.